The second-order valence-corrected chi connectivity index (χ2v) is 5.13. The van der Waals surface area contributed by atoms with Gasteiger partial charge in [-0.1, -0.05) is 32.0 Å². The van der Waals surface area contributed by atoms with Gasteiger partial charge in [0.05, 0.1) is 6.61 Å². The smallest absolute Gasteiger partial charge is 0.126 e. The van der Waals surface area contributed by atoms with E-state index in [1.165, 1.54) is 11.1 Å². The Hall–Kier alpha value is -1.06. The molecular formula is C16H27NO2. The van der Waals surface area contributed by atoms with Crippen LogP contribution in [0.2, 0.25) is 0 Å². The third kappa shape index (κ3) is 6.08. The van der Waals surface area contributed by atoms with Gasteiger partial charge in [0.25, 0.3) is 0 Å². The monoisotopic (exact) mass is 265 g/mol. The van der Waals surface area contributed by atoms with Crippen LogP contribution in [0.4, 0.5) is 0 Å². The maximum atomic E-state index is 5.86. The van der Waals surface area contributed by atoms with Crippen LogP contribution in [0.5, 0.6) is 5.75 Å². The number of nitrogens with one attached hydrogen (secondary N) is 1. The van der Waals surface area contributed by atoms with Crippen molar-refractivity contribution >= 4 is 0 Å². The molecular weight excluding hydrogens is 238 g/mol. The second kappa shape index (κ2) is 8.94. The average Bonchev–Trinajstić information content (AvgIpc) is 2.36. The van der Waals surface area contributed by atoms with Crippen LogP contribution in [-0.4, -0.2) is 26.4 Å². The molecule has 0 unspecified atom stereocenters. The molecule has 3 nitrogen and oxygen atoms in total. The number of para-hydroxylation sites is 1. The molecule has 0 saturated carbocycles. The summed E-state index contributed by atoms with van der Waals surface area (Å²) in [6.07, 6.45) is 0. The lowest BCUT2D eigenvalue weighted by molar-refractivity contribution is 0.109. The summed E-state index contributed by atoms with van der Waals surface area (Å²) < 4.78 is 11.2. The van der Waals surface area contributed by atoms with Crippen LogP contribution in [0, 0.1) is 12.8 Å². The molecule has 0 heterocycles. The third-order valence-electron chi connectivity index (χ3n) is 2.84. The van der Waals surface area contributed by atoms with E-state index in [-0.39, 0.29) is 0 Å². The molecule has 0 aliphatic carbocycles. The fraction of sp³-hybridized carbons (Fsp3) is 0.625. The summed E-state index contributed by atoms with van der Waals surface area (Å²) in [5.74, 6) is 1.66. The van der Waals surface area contributed by atoms with Crippen LogP contribution in [-0.2, 0) is 11.3 Å². The van der Waals surface area contributed by atoms with Crippen LogP contribution in [0.1, 0.15) is 31.9 Å². The van der Waals surface area contributed by atoms with Crippen molar-refractivity contribution in [1.82, 2.24) is 5.32 Å². The molecule has 0 fully saturated rings. The van der Waals surface area contributed by atoms with E-state index in [2.05, 4.69) is 44.3 Å². The molecule has 1 rings (SSSR count). The SMILES string of the molecule is CCOCCOc1c(C)cccc1CNCC(C)C. The minimum atomic E-state index is 0.607. The average molecular weight is 265 g/mol. The van der Waals surface area contributed by atoms with Gasteiger partial charge in [0.2, 0.25) is 0 Å². The molecule has 0 aliphatic rings. The fourth-order valence-electron chi connectivity index (χ4n) is 1.90. The molecule has 0 aliphatic heterocycles. The quantitative estimate of drug-likeness (QED) is 0.696. The Kier molecular flexibility index (Phi) is 7.53. The topological polar surface area (TPSA) is 30.5 Å². The molecule has 1 N–H and O–H groups in total. The third-order valence-corrected chi connectivity index (χ3v) is 2.84. The predicted molar refractivity (Wildman–Crippen MR) is 79.7 cm³/mol. The van der Waals surface area contributed by atoms with E-state index in [1.54, 1.807) is 0 Å². The highest BCUT2D eigenvalue weighted by molar-refractivity contribution is 5.40. The normalized spacial score (nSPS) is 11.0. The summed E-state index contributed by atoms with van der Waals surface area (Å²) in [5.41, 5.74) is 2.40. The Morgan fingerprint density at radius 1 is 1.21 bits per heavy atom. The minimum absolute atomic E-state index is 0.607. The summed E-state index contributed by atoms with van der Waals surface area (Å²) in [6, 6.07) is 6.29. The fourth-order valence-corrected chi connectivity index (χ4v) is 1.90. The minimum Gasteiger partial charge on any atom is -0.491 e. The van der Waals surface area contributed by atoms with Crippen molar-refractivity contribution in [3.05, 3.63) is 29.3 Å². The first-order valence-electron chi connectivity index (χ1n) is 7.14. The van der Waals surface area contributed by atoms with Crippen LogP contribution in [0.25, 0.3) is 0 Å². The highest BCUT2D eigenvalue weighted by Gasteiger charge is 2.07. The van der Waals surface area contributed by atoms with Crippen molar-refractivity contribution < 1.29 is 9.47 Å². The number of benzene rings is 1. The zero-order valence-corrected chi connectivity index (χ0v) is 12.7. The molecule has 108 valence electrons. The zero-order valence-electron chi connectivity index (χ0n) is 12.7. The molecule has 19 heavy (non-hydrogen) atoms. The molecule has 0 amide bonds. The van der Waals surface area contributed by atoms with Gasteiger partial charge in [0.1, 0.15) is 12.4 Å². The van der Waals surface area contributed by atoms with E-state index in [4.69, 9.17) is 9.47 Å². The van der Waals surface area contributed by atoms with E-state index < -0.39 is 0 Å². The Labute approximate surface area is 117 Å². The van der Waals surface area contributed by atoms with Gasteiger partial charge >= 0.3 is 0 Å². The van der Waals surface area contributed by atoms with Gasteiger partial charge in [0, 0.05) is 18.7 Å². The van der Waals surface area contributed by atoms with E-state index in [0.717, 1.165) is 25.4 Å². The van der Waals surface area contributed by atoms with Gasteiger partial charge in [-0.05, 0) is 31.9 Å². The van der Waals surface area contributed by atoms with Crippen molar-refractivity contribution in [2.24, 2.45) is 5.92 Å². The predicted octanol–water partition coefficient (Wildman–Crippen LogP) is 3.16. The first-order chi connectivity index (χ1) is 9.15. The Bertz CT molecular complexity index is 364. The second-order valence-electron chi connectivity index (χ2n) is 5.13. The summed E-state index contributed by atoms with van der Waals surface area (Å²) in [4.78, 5) is 0. The molecule has 1 aromatic carbocycles. The first kappa shape index (κ1) is 16.0. The molecule has 0 saturated heterocycles. The van der Waals surface area contributed by atoms with Crippen LogP contribution in [0.3, 0.4) is 0 Å². The lowest BCUT2D eigenvalue weighted by Gasteiger charge is -2.15. The number of ether oxygens (including phenoxy) is 2. The van der Waals surface area contributed by atoms with Gasteiger partial charge in [-0.25, -0.2) is 0 Å². The Morgan fingerprint density at radius 3 is 2.68 bits per heavy atom. The summed E-state index contributed by atoms with van der Waals surface area (Å²) in [7, 11) is 0. The van der Waals surface area contributed by atoms with E-state index >= 15 is 0 Å². The number of rotatable bonds is 9. The standard InChI is InChI=1S/C16H27NO2/c1-5-18-9-10-19-16-14(4)7-6-8-15(16)12-17-11-13(2)3/h6-8,13,17H,5,9-12H2,1-4H3. The molecule has 1 aromatic rings. The number of hydrogen-bond donors (Lipinski definition) is 1. The van der Waals surface area contributed by atoms with Crippen LogP contribution < -0.4 is 10.1 Å². The van der Waals surface area contributed by atoms with Crippen molar-refractivity contribution in [1.29, 1.82) is 0 Å². The van der Waals surface area contributed by atoms with E-state index in [0.29, 0.717) is 19.1 Å². The Morgan fingerprint density at radius 2 is 2.00 bits per heavy atom. The highest BCUT2D eigenvalue weighted by atomic mass is 16.5. The van der Waals surface area contributed by atoms with E-state index in [1.807, 2.05) is 6.92 Å². The van der Waals surface area contributed by atoms with Crippen molar-refractivity contribution in [3.8, 4) is 5.75 Å². The first-order valence-corrected chi connectivity index (χ1v) is 7.14. The van der Waals surface area contributed by atoms with Crippen molar-refractivity contribution in [3.63, 3.8) is 0 Å². The van der Waals surface area contributed by atoms with Crippen molar-refractivity contribution in [2.75, 3.05) is 26.4 Å². The zero-order chi connectivity index (χ0) is 14.1. The maximum Gasteiger partial charge on any atom is 0.126 e. The maximum absolute atomic E-state index is 5.86. The number of hydrogen-bond acceptors (Lipinski definition) is 3. The molecule has 0 aromatic heterocycles. The van der Waals surface area contributed by atoms with Crippen LogP contribution >= 0.6 is 0 Å². The summed E-state index contributed by atoms with van der Waals surface area (Å²) in [5, 5.41) is 3.46. The van der Waals surface area contributed by atoms with Gasteiger partial charge in [-0.3, -0.25) is 0 Å². The van der Waals surface area contributed by atoms with Gasteiger partial charge in [0.15, 0.2) is 0 Å². The lowest BCUT2D eigenvalue weighted by Crippen LogP contribution is -2.20. The Balaban J connectivity index is 2.56. The van der Waals surface area contributed by atoms with Gasteiger partial charge < -0.3 is 14.8 Å². The summed E-state index contributed by atoms with van der Waals surface area (Å²) in [6.45, 7) is 12.4. The number of aryl methyl sites for hydroxylation is 1. The molecule has 0 spiro atoms. The van der Waals surface area contributed by atoms with Gasteiger partial charge in [-0.2, -0.15) is 0 Å². The molecule has 0 bridgehead atoms. The van der Waals surface area contributed by atoms with Crippen LogP contribution in [0.15, 0.2) is 18.2 Å². The summed E-state index contributed by atoms with van der Waals surface area (Å²) >= 11 is 0. The molecule has 0 atom stereocenters. The molecule has 3 heteroatoms. The van der Waals surface area contributed by atoms with Crippen molar-refractivity contribution in [2.45, 2.75) is 34.2 Å². The van der Waals surface area contributed by atoms with E-state index in [9.17, 15) is 0 Å². The lowest BCUT2D eigenvalue weighted by atomic mass is 10.1. The highest BCUT2D eigenvalue weighted by Crippen LogP contribution is 2.23. The molecule has 0 radical (unpaired) electrons. The van der Waals surface area contributed by atoms with Gasteiger partial charge in [-0.15, -0.1) is 0 Å². The largest absolute Gasteiger partial charge is 0.491 e.